The molecule has 0 aliphatic carbocycles. The standard InChI is InChI=1S/C17H17NO.BrH/c1-17(2,3)12-8-9-18-11-16(19)14-7-5-4-6-13(14)15(18)10-12;/h4-11H,1-3H3;1H. The van der Waals surface area contributed by atoms with Gasteiger partial charge in [-0.2, -0.15) is 4.40 Å². The summed E-state index contributed by atoms with van der Waals surface area (Å²) in [5, 5.41) is 12.1. The van der Waals surface area contributed by atoms with Gasteiger partial charge in [-0.1, -0.05) is 39.0 Å². The van der Waals surface area contributed by atoms with E-state index in [4.69, 9.17) is 0 Å². The molecule has 3 aromatic rings. The molecule has 3 rings (SSSR count). The van der Waals surface area contributed by atoms with Crippen molar-refractivity contribution < 1.29 is 26.5 Å². The number of hydrogen-bond donors (Lipinski definition) is 1. The van der Waals surface area contributed by atoms with Crippen molar-refractivity contribution in [2.45, 2.75) is 26.2 Å². The molecule has 0 radical (unpaired) electrons. The highest BCUT2D eigenvalue weighted by molar-refractivity contribution is 5.97. The molecule has 0 saturated heterocycles. The lowest BCUT2D eigenvalue weighted by molar-refractivity contribution is -0.511. The van der Waals surface area contributed by atoms with Crippen molar-refractivity contribution in [2.24, 2.45) is 0 Å². The van der Waals surface area contributed by atoms with Crippen molar-refractivity contribution in [3.63, 3.8) is 0 Å². The lowest BCUT2D eigenvalue weighted by Gasteiger charge is -2.18. The molecule has 0 unspecified atom stereocenters. The van der Waals surface area contributed by atoms with Crippen molar-refractivity contribution in [3.05, 3.63) is 54.4 Å². The molecule has 1 aromatic carbocycles. The first-order valence-electron chi connectivity index (χ1n) is 6.53. The van der Waals surface area contributed by atoms with E-state index in [1.807, 2.05) is 28.8 Å². The van der Waals surface area contributed by atoms with Gasteiger partial charge in [-0.05, 0) is 17.0 Å². The number of nitrogens with zero attached hydrogens (tertiary/aromatic N) is 1. The number of aromatic hydroxyl groups is 1. The molecule has 104 valence electrons. The SMILES string of the molecule is CC(C)(C)c1cc[n+]2cc(O)c3ccccc3c2c1.[Br-]. The summed E-state index contributed by atoms with van der Waals surface area (Å²) in [6.07, 6.45) is 3.78. The van der Waals surface area contributed by atoms with E-state index in [9.17, 15) is 5.11 Å². The number of pyridine rings is 2. The predicted molar refractivity (Wildman–Crippen MR) is 77.5 cm³/mol. The first-order valence-corrected chi connectivity index (χ1v) is 6.53. The van der Waals surface area contributed by atoms with Crippen LogP contribution < -0.4 is 21.4 Å². The van der Waals surface area contributed by atoms with Gasteiger partial charge in [0.05, 0.1) is 5.39 Å². The number of aromatic nitrogens is 1. The Morgan fingerprint density at radius 1 is 1.00 bits per heavy atom. The molecule has 0 spiro atoms. The molecule has 2 aromatic heterocycles. The minimum Gasteiger partial charge on any atom is -1.00 e. The van der Waals surface area contributed by atoms with Crippen molar-refractivity contribution in [1.29, 1.82) is 0 Å². The lowest BCUT2D eigenvalue weighted by atomic mass is 9.87. The monoisotopic (exact) mass is 331 g/mol. The highest BCUT2D eigenvalue weighted by Crippen LogP contribution is 2.28. The maximum atomic E-state index is 10.1. The van der Waals surface area contributed by atoms with Crippen LogP contribution in [0.1, 0.15) is 26.3 Å². The normalized spacial score (nSPS) is 11.6. The fourth-order valence-electron chi connectivity index (χ4n) is 2.44. The van der Waals surface area contributed by atoms with Gasteiger partial charge in [0.25, 0.3) is 0 Å². The Hall–Kier alpha value is -1.61. The second-order valence-electron chi connectivity index (χ2n) is 6.02. The van der Waals surface area contributed by atoms with E-state index in [1.54, 1.807) is 6.20 Å². The lowest BCUT2D eigenvalue weighted by Crippen LogP contribution is -3.00. The third-order valence-electron chi connectivity index (χ3n) is 3.59. The molecule has 0 atom stereocenters. The van der Waals surface area contributed by atoms with E-state index in [-0.39, 0.29) is 22.4 Å². The topological polar surface area (TPSA) is 24.3 Å². The second kappa shape index (κ2) is 5.06. The number of benzene rings is 1. The summed E-state index contributed by atoms with van der Waals surface area (Å²) < 4.78 is 1.98. The van der Waals surface area contributed by atoms with Gasteiger partial charge in [0.2, 0.25) is 11.7 Å². The Morgan fingerprint density at radius 3 is 2.30 bits per heavy atom. The quantitative estimate of drug-likeness (QED) is 0.473. The van der Waals surface area contributed by atoms with Crippen molar-refractivity contribution in [1.82, 2.24) is 0 Å². The van der Waals surface area contributed by atoms with Crippen molar-refractivity contribution >= 4 is 16.3 Å². The van der Waals surface area contributed by atoms with Crippen molar-refractivity contribution in [3.8, 4) is 5.75 Å². The first kappa shape index (κ1) is 14.8. The summed E-state index contributed by atoms with van der Waals surface area (Å²) >= 11 is 0. The summed E-state index contributed by atoms with van der Waals surface area (Å²) in [4.78, 5) is 0. The maximum absolute atomic E-state index is 10.1. The molecule has 0 saturated carbocycles. The third-order valence-corrected chi connectivity index (χ3v) is 3.59. The Balaban J connectivity index is 0.00000147. The minimum atomic E-state index is 0. The van der Waals surface area contributed by atoms with E-state index >= 15 is 0 Å². The molecular formula is C17H18BrNO. The predicted octanol–water partition coefficient (Wildman–Crippen LogP) is 0.586. The van der Waals surface area contributed by atoms with Gasteiger partial charge in [0.15, 0.2) is 11.9 Å². The fourth-order valence-corrected chi connectivity index (χ4v) is 2.44. The van der Waals surface area contributed by atoms with Crippen LogP contribution in [0.2, 0.25) is 0 Å². The zero-order chi connectivity index (χ0) is 13.6. The summed E-state index contributed by atoms with van der Waals surface area (Å²) in [6.45, 7) is 6.63. The average Bonchev–Trinajstić information content (AvgIpc) is 2.37. The average molecular weight is 332 g/mol. The Morgan fingerprint density at radius 2 is 1.65 bits per heavy atom. The van der Waals surface area contributed by atoms with Crippen LogP contribution >= 0.6 is 0 Å². The molecule has 20 heavy (non-hydrogen) atoms. The molecule has 2 heterocycles. The smallest absolute Gasteiger partial charge is 0.219 e. The zero-order valence-electron chi connectivity index (χ0n) is 11.9. The molecule has 0 aliphatic rings. The van der Waals surface area contributed by atoms with Crippen LogP contribution in [0, 0.1) is 0 Å². The Bertz CT molecular complexity index is 775. The Kier molecular flexibility index (Phi) is 3.74. The van der Waals surface area contributed by atoms with Crippen LogP contribution in [0.15, 0.2) is 48.8 Å². The zero-order valence-corrected chi connectivity index (χ0v) is 13.5. The van der Waals surface area contributed by atoms with E-state index in [2.05, 4.69) is 39.0 Å². The summed E-state index contributed by atoms with van der Waals surface area (Å²) in [6, 6.07) is 12.3. The molecule has 0 amide bonds. The van der Waals surface area contributed by atoms with E-state index in [0.29, 0.717) is 5.75 Å². The van der Waals surface area contributed by atoms with Crippen LogP contribution in [0.4, 0.5) is 0 Å². The van der Waals surface area contributed by atoms with Gasteiger partial charge >= 0.3 is 0 Å². The van der Waals surface area contributed by atoms with Crippen LogP contribution in [-0.4, -0.2) is 5.11 Å². The molecule has 0 bridgehead atoms. The van der Waals surface area contributed by atoms with Crippen LogP contribution in [0.5, 0.6) is 5.75 Å². The molecule has 1 N–H and O–H groups in total. The fraction of sp³-hybridized carbons (Fsp3) is 0.235. The molecular weight excluding hydrogens is 314 g/mol. The molecule has 2 nitrogen and oxygen atoms in total. The van der Waals surface area contributed by atoms with Gasteiger partial charge in [-0.15, -0.1) is 0 Å². The van der Waals surface area contributed by atoms with Crippen LogP contribution in [0.25, 0.3) is 16.3 Å². The van der Waals surface area contributed by atoms with Crippen LogP contribution in [-0.2, 0) is 5.41 Å². The highest BCUT2D eigenvalue weighted by atomic mass is 79.9. The molecule has 0 aliphatic heterocycles. The van der Waals surface area contributed by atoms with E-state index < -0.39 is 0 Å². The number of halogens is 1. The Labute approximate surface area is 129 Å². The van der Waals surface area contributed by atoms with Gasteiger partial charge in [0, 0.05) is 17.5 Å². The largest absolute Gasteiger partial charge is 1.00 e. The summed E-state index contributed by atoms with van der Waals surface area (Å²) in [7, 11) is 0. The third kappa shape index (κ3) is 2.38. The summed E-state index contributed by atoms with van der Waals surface area (Å²) in [5.41, 5.74) is 2.54. The number of fused-ring (bicyclic) bond motifs is 3. The van der Waals surface area contributed by atoms with Crippen molar-refractivity contribution in [2.75, 3.05) is 0 Å². The minimum absolute atomic E-state index is 0. The van der Waals surface area contributed by atoms with Gasteiger partial charge in [0.1, 0.15) is 0 Å². The van der Waals surface area contributed by atoms with E-state index in [1.165, 1.54) is 5.56 Å². The molecule has 3 heteroatoms. The number of rotatable bonds is 0. The molecule has 0 fully saturated rings. The van der Waals surface area contributed by atoms with Gasteiger partial charge in [-0.25, -0.2) is 0 Å². The van der Waals surface area contributed by atoms with Gasteiger partial charge < -0.3 is 22.1 Å². The maximum Gasteiger partial charge on any atom is 0.219 e. The van der Waals surface area contributed by atoms with Crippen LogP contribution in [0.3, 0.4) is 0 Å². The van der Waals surface area contributed by atoms with Gasteiger partial charge in [-0.3, -0.25) is 0 Å². The summed E-state index contributed by atoms with van der Waals surface area (Å²) in [5.74, 6) is 0.316. The number of hydrogen-bond acceptors (Lipinski definition) is 1. The van der Waals surface area contributed by atoms with E-state index in [0.717, 1.165) is 16.3 Å². The first-order chi connectivity index (χ1) is 8.97. The highest BCUT2D eigenvalue weighted by Gasteiger charge is 2.18. The second-order valence-corrected chi connectivity index (χ2v) is 6.02.